The molecule has 1 aromatic heterocycles. The number of aliphatic carboxylic acids is 1. The molecule has 5 nitrogen and oxygen atoms in total. The zero-order valence-electron chi connectivity index (χ0n) is 7.73. The minimum absolute atomic E-state index is 0.0150. The average molecular weight is 197 g/mol. The quantitative estimate of drug-likeness (QED) is 0.598. The van der Waals surface area contributed by atoms with E-state index < -0.39 is 5.97 Å². The molecule has 0 bridgehead atoms. The molecule has 1 rings (SSSR count). The first kappa shape index (κ1) is 10.3. The summed E-state index contributed by atoms with van der Waals surface area (Å²) in [5.41, 5.74) is 0.422. The topological polar surface area (TPSA) is 84.5 Å². The van der Waals surface area contributed by atoms with Gasteiger partial charge in [0.2, 0.25) is 5.69 Å². The number of hydrogen-bond acceptors (Lipinski definition) is 4. The van der Waals surface area contributed by atoms with E-state index in [2.05, 4.69) is 0 Å². The van der Waals surface area contributed by atoms with Crippen LogP contribution in [0.5, 0.6) is 11.6 Å². The Morgan fingerprint density at radius 2 is 2.14 bits per heavy atom. The minimum Gasteiger partial charge on any atom is -0.550 e. The first-order valence-corrected chi connectivity index (χ1v) is 4.13. The monoisotopic (exact) mass is 197 g/mol. The van der Waals surface area contributed by atoms with Gasteiger partial charge in [0.15, 0.2) is 12.3 Å². The van der Waals surface area contributed by atoms with Crippen LogP contribution in [0.2, 0.25) is 0 Å². The number of carboxylic acid groups (broad SMARTS) is 1. The normalized spacial score (nSPS) is 10.1. The Hall–Kier alpha value is -1.78. The molecule has 0 radical (unpaired) electrons. The van der Waals surface area contributed by atoms with Crippen molar-refractivity contribution in [3.05, 3.63) is 17.8 Å². The Morgan fingerprint density at radius 3 is 2.71 bits per heavy atom. The van der Waals surface area contributed by atoms with Crippen molar-refractivity contribution in [3.63, 3.8) is 0 Å². The van der Waals surface area contributed by atoms with Crippen LogP contribution >= 0.6 is 0 Å². The molecule has 0 spiro atoms. The lowest BCUT2D eigenvalue weighted by Gasteiger charge is -2.04. The van der Waals surface area contributed by atoms with Gasteiger partial charge < -0.3 is 20.1 Å². The van der Waals surface area contributed by atoms with E-state index in [0.717, 1.165) is 0 Å². The third kappa shape index (κ3) is 2.12. The van der Waals surface area contributed by atoms with Crippen LogP contribution in [0.3, 0.4) is 0 Å². The average Bonchev–Trinajstić information content (AvgIpc) is 2.11. The maximum atomic E-state index is 10.2. The Bertz CT molecular complexity index is 362. The van der Waals surface area contributed by atoms with Crippen LogP contribution in [-0.2, 0) is 11.3 Å². The van der Waals surface area contributed by atoms with E-state index in [1.165, 1.54) is 16.7 Å². The number of pyridine rings is 1. The highest BCUT2D eigenvalue weighted by Gasteiger charge is 2.16. The van der Waals surface area contributed by atoms with Crippen molar-refractivity contribution < 1.29 is 24.7 Å². The molecule has 0 fully saturated rings. The van der Waals surface area contributed by atoms with Gasteiger partial charge in [-0.1, -0.05) is 0 Å². The van der Waals surface area contributed by atoms with Crippen molar-refractivity contribution in [2.75, 3.05) is 0 Å². The van der Waals surface area contributed by atoms with E-state index in [4.69, 9.17) is 0 Å². The van der Waals surface area contributed by atoms with Gasteiger partial charge in [-0.2, -0.15) is 4.57 Å². The highest BCUT2D eigenvalue weighted by Crippen LogP contribution is 2.14. The number of aromatic nitrogens is 1. The van der Waals surface area contributed by atoms with Crippen LogP contribution in [0.1, 0.15) is 12.1 Å². The van der Waals surface area contributed by atoms with Crippen molar-refractivity contribution in [1.29, 1.82) is 0 Å². The fourth-order valence-corrected chi connectivity index (χ4v) is 1.16. The van der Waals surface area contributed by atoms with Crippen LogP contribution in [0.25, 0.3) is 0 Å². The first-order valence-electron chi connectivity index (χ1n) is 4.13. The molecule has 1 heterocycles. The lowest BCUT2D eigenvalue weighted by atomic mass is 10.3. The molecule has 0 aliphatic heterocycles. The molecule has 0 unspecified atom stereocenters. The first-order chi connectivity index (χ1) is 6.52. The Morgan fingerprint density at radius 1 is 1.50 bits per heavy atom. The summed E-state index contributed by atoms with van der Waals surface area (Å²) in [7, 11) is 0. The summed E-state index contributed by atoms with van der Waals surface area (Å²) in [5.74, 6) is -1.26. The molecule has 0 atom stereocenters. The van der Waals surface area contributed by atoms with E-state index in [-0.39, 0.29) is 24.6 Å². The number of hydrogen-bond donors (Lipinski definition) is 2. The summed E-state index contributed by atoms with van der Waals surface area (Å²) >= 11 is 0. The summed E-state index contributed by atoms with van der Waals surface area (Å²) in [6.45, 7) is 1.67. The molecule has 0 saturated heterocycles. The maximum Gasteiger partial charge on any atom is 0.365 e. The van der Waals surface area contributed by atoms with Crippen LogP contribution in [0.4, 0.5) is 0 Å². The highest BCUT2D eigenvalue weighted by atomic mass is 16.4. The van der Waals surface area contributed by atoms with E-state index in [1.54, 1.807) is 6.92 Å². The third-order valence-electron chi connectivity index (χ3n) is 1.98. The lowest BCUT2D eigenvalue weighted by molar-refractivity contribution is -0.708. The van der Waals surface area contributed by atoms with Crippen LogP contribution in [0.15, 0.2) is 12.1 Å². The smallest absolute Gasteiger partial charge is 0.365 e. The molecular weight excluding hydrogens is 186 g/mol. The molecule has 76 valence electrons. The molecule has 0 aromatic carbocycles. The summed E-state index contributed by atoms with van der Waals surface area (Å²) in [5, 5.41) is 28.9. The summed E-state index contributed by atoms with van der Waals surface area (Å²) in [6, 6.07) is 2.65. The number of rotatable bonds is 3. The number of carbonyl (C=O) groups excluding carboxylic acids is 1. The molecule has 0 saturated carbocycles. The van der Waals surface area contributed by atoms with Crippen molar-refractivity contribution in [1.82, 2.24) is 0 Å². The van der Waals surface area contributed by atoms with Gasteiger partial charge in [0.25, 0.3) is 0 Å². The van der Waals surface area contributed by atoms with E-state index in [1.807, 2.05) is 0 Å². The van der Waals surface area contributed by atoms with E-state index in [0.29, 0.717) is 5.69 Å². The standard InChI is InChI=1S/C9H11NO4/c1-6-7(11)2-3-8(12)10(6)5-4-9(13)14/h2-3H,4-5H2,1H3,(H2,11,13,14). The molecule has 0 amide bonds. The van der Waals surface area contributed by atoms with Crippen LogP contribution in [0, 0.1) is 6.92 Å². The van der Waals surface area contributed by atoms with Crippen LogP contribution < -0.4 is 9.67 Å². The summed E-state index contributed by atoms with van der Waals surface area (Å²) < 4.78 is 1.31. The van der Waals surface area contributed by atoms with Gasteiger partial charge in [-0.3, -0.25) is 0 Å². The number of carboxylic acids is 1. The Balaban J connectivity index is 2.95. The van der Waals surface area contributed by atoms with Crippen LogP contribution in [-0.4, -0.2) is 16.2 Å². The molecule has 2 N–H and O–H groups in total. The van der Waals surface area contributed by atoms with Crippen molar-refractivity contribution in [2.24, 2.45) is 0 Å². The van der Waals surface area contributed by atoms with Gasteiger partial charge in [-0.15, -0.1) is 0 Å². The fourth-order valence-electron chi connectivity index (χ4n) is 1.16. The maximum absolute atomic E-state index is 10.2. The zero-order chi connectivity index (χ0) is 10.7. The van der Waals surface area contributed by atoms with Gasteiger partial charge >= 0.3 is 5.88 Å². The zero-order valence-corrected chi connectivity index (χ0v) is 7.73. The van der Waals surface area contributed by atoms with E-state index >= 15 is 0 Å². The Labute approximate surface area is 80.9 Å². The van der Waals surface area contributed by atoms with E-state index in [9.17, 15) is 20.1 Å². The second-order valence-corrected chi connectivity index (χ2v) is 2.94. The molecule has 0 aliphatic rings. The highest BCUT2D eigenvalue weighted by molar-refractivity contribution is 5.63. The predicted molar refractivity (Wildman–Crippen MR) is 44.3 cm³/mol. The second kappa shape index (κ2) is 3.95. The molecule has 1 aromatic rings. The SMILES string of the molecule is Cc1c(O)ccc(O)[n+]1CCC(=O)[O-]. The molecule has 14 heavy (non-hydrogen) atoms. The van der Waals surface area contributed by atoms with Gasteiger partial charge in [-0.05, 0) is 6.07 Å². The summed E-state index contributed by atoms with van der Waals surface area (Å²) in [4.78, 5) is 10.2. The number of aromatic hydroxyl groups is 2. The Kier molecular flexibility index (Phi) is 2.91. The largest absolute Gasteiger partial charge is 0.550 e. The number of carbonyl (C=O) groups is 1. The third-order valence-corrected chi connectivity index (χ3v) is 1.98. The summed E-state index contributed by atoms with van der Waals surface area (Å²) in [6.07, 6.45) is -0.206. The lowest BCUT2D eigenvalue weighted by Crippen LogP contribution is -2.40. The van der Waals surface area contributed by atoms with Gasteiger partial charge in [0.05, 0.1) is 6.07 Å². The number of nitrogens with zero attached hydrogens (tertiary/aromatic N) is 1. The second-order valence-electron chi connectivity index (χ2n) is 2.94. The molecular formula is C9H11NO4. The fraction of sp³-hybridized carbons (Fsp3) is 0.333. The predicted octanol–water partition coefficient (Wildman–Crippen LogP) is -1.17. The van der Waals surface area contributed by atoms with Crippen molar-refractivity contribution >= 4 is 5.97 Å². The van der Waals surface area contributed by atoms with Gasteiger partial charge in [0, 0.05) is 19.3 Å². The van der Waals surface area contributed by atoms with Gasteiger partial charge in [-0.25, -0.2) is 0 Å². The van der Waals surface area contributed by atoms with Gasteiger partial charge in [0.1, 0.15) is 0 Å². The van der Waals surface area contributed by atoms with Crippen molar-refractivity contribution in [2.45, 2.75) is 19.9 Å². The van der Waals surface area contributed by atoms with Crippen molar-refractivity contribution in [3.8, 4) is 11.6 Å². The molecule has 5 heteroatoms. The molecule has 0 aliphatic carbocycles. The minimum atomic E-state index is -1.19.